The Hall–Kier alpha value is -3.67. The first kappa shape index (κ1) is 33.2. The SMILES string of the molecule is [B]C(=O)N(CC)c1cc(O)c2c(c1)C=CC[C@@H]1OC(C)(C)O[C@@H]1[C@H](OCc1ccc(OC)cc1)C(F)=C[C@@H](C)[C@H](C)OC2=O. The Balaban J connectivity index is 1.74. The average Bonchev–Trinajstić information content (AvgIpc) is 3.26. The summed E-state index contributed by atoms with van der Waals surface area (Å²) >= 11 is 0. The van der Waals surface area contributed by atoms with Gasteiger partial charge in [0.25, 0.3) is 0 Å². The summed E-state index contributed by atoms with van der Waals surface area (Å²) in [7, 11) is 7.11. The van der Waals surface area contributed by atoms with Crippen LogP contribution in [0.15, 0.2) is 54.4 Å². The predicted molar refractivity (Wildman–Crippen MR) is 165 cm³/mol. The first-order valence-corrected chi connectivity index (χ1v) is 14.6. The van der Waals surface area contributed by atoms with E-state index in [0.717, 1.165) is 5.56 Å². The molecular formula is C33H39BFNO8. The van der Waals surface area contributed by atoms with Crippen LogP contribution < -0.4 is 9.64 Å². The topological polar surface area (TPSA) is 104 Å². The van der Waals surface area contributed by atoms with Gasteiger partial charge < -0.3 is 33.7 Å². The molecule has 5 atom stereocenters. The van der Waals surface area contributed by atoms with Crippen molar-refractivity contribution in [3.8, 4) is 11.5 Å². The third-order valence-corrected chi connectivity index (χ3v) is 7.73. The lowest BCUT2D eigenvalue weighted by atomic mass is 9.97. The van der Waals surface area contributed by atoms with Crippen LogP contribution in [0, 0.1) is 5.92 Å². The highest BCUT2D eigenvalue weighted by atomic mass is 19.1. The van der Waals surface area contributed by atoms with Crippen LogP contribution in [-0.2, 0) is 25.6 Å². The molecule has 234 valence electrons. The molecule has 0 spiro atoms. The standard InChI is InChI=1S/C33H39BFNO8/c1-7-36(32(34)39)23-16-22-9-8-10-27-30(44-33(4,5)43-27)29(41-18-21-11-13-24(40-6)14-12-21)25(35)15-19(2)20(3)42-31(38)28(22)26(37)17-23/h8-9,11-17,19-20,27,29-30,37H,7,10,18H2,1-6H3/t19-,20+,27+,29-,30+/m1/s1. The molecule has 11 heteroatoms. The lowest BCUT2D eigenvalue weighted by Gasteiger charge is -2.27. The van der Waals surface area contributed by atoms with Gasteiger partial charge in [0.2, 0.25) is 7.85 Å². The van der Waals surface area contributed by atoms with Crippen molar-refractivity contribution in [2.75, 3.05) is 18.6 Å². The summed E-state index contributed by atoms with van der Waals surface area (Å²) in [5, 5.41) is 10.9. The maximum atomic E-state index is 16.1. The Labute approximate surface area is 259 Å². The van der Waals surface area contributed by atoms with Gasteiger partial charge in [0.05, 0.1) is 19.8 Å². The molecule has 2 radical (unpaired) electrons. The van der Waals surface area contributed by atoms with Crippen molar-refractivity contribution in [2.45, 2.75) is 77.8 Å². The van der Waals surface area contributed by atoms with Crippen molar-refractivity contribution in [2.24, 2.45) is 5.92 Å². The van der Waals surface area contributed by atoms with Gasteiger partial charge in [0, 0.05) is 24.2 Å². The largest absolute Gasteiger partial charge is 0.507 e. The molecule has 2 aliphatic rings. The molecule has 1 amide bonds. The minimum Gasteiger partial charge on any atom is -0.507 e. The summed E-state index contributed by atoms with van der Waals surface area (Å²) in [6.07, 6.45) is 1.63. The quantitative estimate of drug-likeness (QED) is 0.312. The van der Waals surface area contributed by atoms with Crippen LogP contribution in [0.3, 0.4) is 0 Å². The number of carbonyl (C=O) groups excluding carboxylic acids is 2. The Morgan fingerprint density at radius 1 is 1.18 bits per heavy atom. The van der Waals surface area contributed by atoms with Gasteiger partial charge in [-0.2, -0.15) is 0 Å². The number of carbonyl (C=O) groups is 2. The fourth-order valence-corrected chi connectivity index (χ4v) is 5.30. The molecule has 0 aromatic heterocycles. The number of amides is 1. The maximum absolute atomic E-state index is 16.1. The summed E-state index contributed by atoms with van der Waals surface area (Å²) in [6, 6.07) is 10.1. The second kappa shape index (κ2) is 14.0. The van der Waals surface area contributed by atoms with Gasteiger partial charge in [-0.15, -0.1) is 0 Å². The number of fused-ring (bicyclic) bond motifs is 2. The van der Waals surface area contributed by atoms with Crippen molar-refractivity contribution in [3.63, 3.8) is 0 Å². The van der Waals surface area contributed by atoms with Crippen LogP contribution in [0.2, 0.25) is 0 Å². The number of halogens is 1. The van der Waals surface area contributed by atoms with E-state index in [9.17, 15) is 14.7 Å². The van der Waals surface area contributed by atoms with Crippen molar-refractivity contribution < 1.29 is 42.8 Å². The fourth-order valence-electron chi connectivity index (χ4n) is 5.30. The Morgan fingerprint density at radius 3 is 2.52 bits per heavy atom. The number of rotatable bonds is 6. The molecule has 2 heterocycles. The van der Waals surface area contributed by atoms with E-state index in [1.165, 1.54) is 17.0 Å². The second-order valence-corrected chi connectivity index (χ2v) is 11.4. The predicted octanol–water partition coefficient (Wildman–Crippen LogP) is 6.07. The van der Waals surface area contributed by atoms with E-state index >= 15 is 4.39 Å². The second-order valence-electron chi connectivity index (χ2n) is 11.4. The first-order valence-electron chi connectivity index (χ1n) is 14.6. The van der Waals surface area contributed by atoms with Gasteiger partial charge in [-0.1, -0.05) is 31.2 Å². The summed E-state index contributed by atoms with van der Waals surface area (Å²) in [4.78, 5) is 26.6. The highest BCUT2D eigenvalue weighted by Crippen LogP contribution is 2.37. The number of aromatic hydroxyl groups is 1. The smallest absolute Gasteiger partial charge is 0.342 e. The number of anilines is 1. The molecule has 0 aliphatic carbocycles. The molecule has 9 nitrogen and oxygen atoms in total. The zero-order chi connectivity index (χ0) is 32.2. The number of hydrogen-bond acceptors (Lipinski definition) is 8. The molecule has 44 heavy (non-hydrogen) atoms. The number of methoxy groups -OCH3 is 1. The van der Waals surface area contributed by atoms with Gasteiger partial charge in [-0.05, 0) is 69.5 Å². The van der Waals surface area contributed by atoms with E-state index in [-0.39, 0.29) is 30.9 Å². The number of ether oxygens (including phenoxy) is 5. The molecule has 1 saturated heterocycles. The fraction of sp³-hybridized carbons (Fsp3) is 0.455. The summed E-state index contributed by atoms with van der Waals surface area (Å²) in [5.74, 6) is -3.38. The molecule has 2 aliphatic heterocycles. The third kappa shape index (κ3) is 7.69. The van der Waals surface area contributed by atoms with Crippen LogP contribution >= 0.6 is 0 Å². The number of esters is 1. The van der Waals surface area contributed by atoms with E-state index in [1.807, 2.05) is 12.1 Å². The van der Waals surface area contributed by atoms with Crippen molar-refractivity contribution in [1.82, 2.24) is 0 Å². The van der Waals surface area contributed by atoms with E-state index < -0.39 is 53.7 Å². The minimum atomic E-state index is -1.12. The van der Waals surface area contributed by atoms with Crippen molar-refractivity contribution in [1.29, 1.82) is 0 Å². The number of hydrogen-bond donors (Lipinski definition) is 1. The van der Waals surface area contributed by atoms with Gasteiger partial charge in [-0.25, -0.2) is 9.18 Å². The van der Waals surface area contributed by atoms with E-state index in [0.29, 0.717) is 17.0 Å². The van der Waals surface area contributed by atoms with Crippen LogP contribution in [0.1, 0.15) is 62.5 Å². The minimum absolute atomic E-state index is 0.0905. The zero-order valence-corrected chi connectivity index (χ0v) is 25.9. The van der Waals surface area contributed by atoms with Crippen LogP contribution in [-0.4, -0.2) is 68.6 Å². The van der Waals surface area contributed by atoms with Gasteiger partial charge >= 0.3 is 5.97 Å². The number of phenols is 1. The Morgan fingerprint density at radius 2 is 1.89 bits per heavy atom. The number of nitrogens with zero attached hydrogens (tertiary/aromatic N) is 1. The van der Waals surface area contributed by atoms with Crippen molar-refractivity contribution in [3.05, 3.63) is 71.1 Å². The number of benzene rings is 2. The number of phenolic OH excluding ortho intramolecular Hbond substituents is 1. The summed E-state index contributed by atoms with van der Waals surface area (Å²) in [5.41, 5.74) is 1.34. The van der Waals surface area contributed by atoms with Gasteiger partial charge in [-0.3, -0.25) is 4.79 Å². The highest BCUT2D eigenvalue weighted by Gasteiger charge is 2.46. The lowest BCUT2D eigenvalue weighted by molar-refractivity contribution is -0.158. The van der Waals surface area contributed by atoms with E-state index in [2.05, 4.69) is 0 Å². The molecule has 0 unspecified atom stereocenters. The summed E-state index contributed by atoms with van der Waals surface area (Å²) in [6.45, 7) is 8.93. The molecule has 4 rings (SSSR count). The highest BCUT2D eigenvalue weighted by molar-refractivity contribution is 6.60. The van der Waals surface area contributed by atoms with Gasteiger partial charge in [0.15, 0.2) is 11.6 Å². The summed E-state index contributed by atoms with van der Waals surface area (Å²) < 4.78 is 45.6. The number of cyclic esters (lactones) is 1. The lowest BCUT2D eigenvalue weighted by Crippen LogP contribution is -2.38. The van der Waals surface area contributed by atoms with Crippen molar-refractivity contribution >= 4 is 31.4 Å². The molecule has 2 aromatic carbocycles. The Kier molecular flexibility index (Phi) is 10.5. The average molecular weight is 607 g/mol. The maximum Gasteiger partial charge on any atom is 0.342 e. The molecule has 0 bridgehead atoms. The van der Waals surface area contributed by atoms with Crippen LogP contribution in [0.5, 0.6) is 11.5 Å². The molecule has 2 aromatic rings. The van der Waals surface area contributed by atoms with E-state index in [4.69, 9.17) is 31.5 Å². The normalized spacial score (nSPS) is 25.2. The molecule has 1 fully saturated rings. The van der Waals surface area contributed by atoms with Crippen LogP contribution in [0.25, 0.3) is 6.08 Å². The van der Waals surface area contributed by atoms with Crippen LogP contribution in [0.4, 0.5) is 14.9 Å². The Bertz CT molecular complexity index is 1410. The molecular weight excluding hydrogens is 568 g/mol. The molecule has 1 N–H and O–H groups in total. The zero-order valence-electron chi connectivity index (χ0n) is 25.9. The third-order valence-electron chi connectivity index (χ3n) is 7.73. The monoisotopic (exact) mass is 607 g/mol. The first-order chi connectivity index (χ1) is 20.8. The molecule has 0 saturated carbocycles. The van der Waals surface area contributed by atoms with Gasteiger partial charge in [0.1, 0.15) is 41.2 Å². The van der Waals surface area contributed by atoms with E-state index in [1.54, 1.807) is 72.1 Å².